The minimum atomic E-state index is 0.328. The monoisotopic (exact) mass is 357 g/mol. The zero-order valence-corrected chi connectivity index (χ0v) is 17.0. The molecule has 2 rings (SSSR count). The smallest absolute Gasteiger partial charge is 0.0671 e. The van der Waals surface area contributed by atoms with Crippen LogP contribution in [0.4, 0.5) is 0 Å². The summed E-state index contributed by atoms with van der Waals surface area (Å²) in [6.07, 6.45) is 14.0. The van der Waals surface area contributed by atoms with Gasteiger partial charge >= 0.3 is 0 Å². The number of rotatable bonds is 9. The quantitative estimate of drug-likeness (QED) is 0.528. The van der Waals surface area contributed by atoms with Crippen LogP contribution in [0.5, 0.6) is 0 Å². The lowest BCUT2D eigenvalue weighted by Gasteiger charge is -2.38. The topological polar surface area (TPSA) is 21.3 Å². The molecule has 0 aliphatic heterocycles. The molecule has 4 unspecified atom stereocenters. The third-order valence-corrected chi connectivity index (χ3v) is 6.86. The van der Waals surface area contributed by atoms with Crippen LogP contribution in [0.3, 0.4) is 0 Å². The highest BCUT2D eigenvalue weighted by Crippen LogP contribution is 2.42. The molecule has 4 atom stereocenters. The highest BCUT2D eigenvalue weighted by atomic mass is 35.5. The normalized spacial score (nSPS) is 34.0. The largest absolute Gasteiger partial charge is 0.377 e. The van der Waals surface area contributed by atoms with E-state index in [0.29, 0.717) is 17.5 Å². The molecule has 0 aromatic carbocycles. The molecule has 0 radical (unpaired) electrons. The maximum Gasteiger partial charge on any atom is 0.0671 e. The molecule has 24 heavy (non-hydrogen) atoms. The van der Waals surface area contributed by atoms with Gasteiger partial charge in [-0.1, -0.05) is 32.6 Å². The molecule has 0 aromatic heterocycles. The van der Waals surface area contributed by atoms with E-state index in [1.807, 2.05) is 0 Å². The molecule has 3 heteroatoms. The molecule has 0 spiro atoms. The van der Waals surface area contributed by atoms with Gasteiger partial charge < -0.3 is 10.1 Å². The average Bonchev–Trinajstić information content (AvgIpc) is 2.59. The van der Waals surface area contributed by atoms with Crippen LogP contribution in [-0.4, -0.2) is 30.7 Å². The van der Waals surface area contributed by atoms with Crippen LogP contribution in [0.15, 0.2) is 0 Å². The summed E-state index contributed by atoms with van der Waals surface area (Å²) in [4.78, 5) is 0. The summed E-state index contributed by atoms with van der Waals surface area (Å²) in [6, 6.07) is 0.663. The standard InChI is InChI=1S/C21H40ClNO/c1-4-21(23-15-16(3)24-5-2)13-17-9-11-18(12-10-17)19-7-6-8-20(22)14-19/h16-21,23H,4-15H2,1-3H3. The Balaban J connectivity index is 1.67. The highest BCUT2D eigenvalue weighted by molar-refractivity contribution is 6.20. The maximum absolute atomic E-state index is 6.41. The molecule has 2 aliphatic carbocycles. The van der Waals surface area contributed by atoms with Gasteiger partial charge in [0.2, 0.25) is 0 Å². The second-order valence-corrected chi connectivity index (χ2v) is 8.94. The van der Waals surface area contributed by atoms with E-state index < -0.39 is 0 Å². The molecule has 0 heterocycles. The average molecular weight is 358 g/mol. The fourth-order valence-electron chi connectivity index (χ4n) is 4.96. The van der Waals surface area contributed by atoms with Crippen LogP contribution >= 0.6 is 11.6 Å². The summed E-state index contributed by atoms with van der Waals surface area (Å²) in [5, 5.41) is 4.20. The summed E-state index contributed by atoms with van der Waals surface area (Å²) in [5.41, 5.74) is 0. The van der Waals surface area contributed by atoms with Gasteiger partial charge in [-0.15, -0.1) is 11.6 Å². The molecular weight excluding hydrogens is 318 g/mol. The van der Waals surface area contributed by atoms with E-state index in [1.165, 1.54) is 64.2 Å². The summed E-state index contributed by atoms with van der Waals surface area (Å²) < 4.78 is 5.64. The molecular formula is C21H40ClNO. The first-order valence-corrected chi connectivity index (χ1v) is 11.0. The third kappa shape index (κ3) is 6.84. The summed E-state index contributed by atoms with van der Waals surface area (Å²) in [7, 11) is 0. The Morgan fingerprint density at radius 2 is 1.79 bits per heavy atom. The van der Waals surface area contributed by atoms with Crippen molar-refractivity contribution in [2.24, 2.45) is 17.8 Å². The van der Waals surface area contributed by atoms with Crippen molar-refractivity contribution in [1.29, 1.82) is 0 Å². The number of halogens is 1. The lowest BCUT2D eigenvalue weighted by molar-refractivity contribution is 0.0722. The van der Waals surface area contributed by atoms with Crippen LogP contribution in [0.25, 0.3) is 0 Å². The second-order valence-electron chi connectivity index (χ2n) is 8.32. The van der Waals surface area contributed by atoms with Crippen LogP contribution in [0.2, 0.25) is 0 Å². The zero-order valence-electron chi connectivity index (χ0n) is 16.2. The third-order valence-electron chi connectivity index (χ3n) is 6.46. The molecule has 142 valence electrons. The van der Waals surface area contributed by atoms with Gasteiger partial charge in [-0.2, -0.15) is 0 Å². The first-order valence-electron chi connectivity index (χ1n) is 10.6. The number of nitrogens with one attached hydrogen (secondary N) is 1. The van der Waals surface area contributed by atoms with Gasteiger partial charge in [0.15, 0.2) is 0 Å². The summed E-state index contributed by atoms with van der Waals surface area (Å²) >= 11 is 6.41. The molecule has 1 N–H and O–H groups in total. The van der Waals surface area contributed by atoms with Crippen LogP contribution < -0.4 is 5.32 Å². The Bertz CT molecular complexity index is 330. The molecule has 2 saturated carbocycles. The van der Waals surface area contributed by atoms with Crippen LogP contribution in [-0.2, 0) is 4.74 Å². The number of hydrogen-bond acceptors (Lipinski definition) is 2. The minimum Gasteiger partial charge on any atom is -0.377 e. The predicted molar refractivity (Wildman–Crippen MR) is 105 cm³/mol. The van der Waals surface area contributed by atoms with Gasteiger partial charge in [0.25, 0.3) is 0 Å². The molecule has 2 fully saturated rings. The predicted octanol–water partition coefficient (Wildman–Crippen LogP) is 5.77. The lowest BCUT2D eigenvalue weighted by Crippen LogP contribution is -2.37. The fourth-order valence-corrected chi connectivity index (χ4v) is 5.35. The van der Waals surface area contributed by atoms with Gasteiger partial charge in [-0.05, 0) is 70.1 Å². The molecule has 0 saturated heterocycles. The Labute approximate surface area is 155 Å². The lowest BCUT2D eigenvalue weighted by atomic mass is 9.70. The van der Waals surface area contributed by atoms with Gasteiger partial charge in [0, 0.05) is 24.6 Å². The van der Waals surface area contributed by atoms with Crippen molar-refractivity contribution in [2.75, 3.05) is 13.2 Å². The Morgan fingerprint density at radius 3 is 2.42 bits per heavy atom. The Kier molecular flexibility index (Phi) is 9.44. The van der Waals surface area contributed by atoms with E-state index in [-0.39, 0.29) is 0 Å². The van der Waals surface area contributed by atoms with E-state index in [9.17, 15) is 0 Å². The first kappa shape index (κ1) is 20.5. The molecule has 2 aliphatic rings. The Hall–Kier alpha value is 0.210. The van der Waals surface area contributed by atoms with Gasteiger partial charge in [0.1, 0.15) is 0 Å². The first-order chi connectivity index (χ1) is 11.6. The molecule has 0 aromatic rings. The summed E-state index contributed by atoms with van der Waals surface area (Å²) in [5.74, 6) is 2.82. The number of alkyl halides is 1. The zero-order chi connectivity index (χ0) is 17.4. The van der Waals surface area contributed by atoms with E-state index >= 15 is 0 Å². The van der Waals surface area contributed by atoms with E-state index in [1.54, 1.807) is 0 Å². The SMILES string of the molecule is CCOC(C)CNC(CC)CC1CCC(C2CCCC(Cl)C2)CC1. The van der Waals surface area contributed by atoms with Gasteiger partial charge in [-0.3, -0.25) is 0 Å². The van der Waals surface area contributed by atoms with Crippen molar-refractivity contribution in [3.05, 3.63) is 0 Å². The minimum absolute atomic E-state index is 0.328. The van der Waals surface area contributed by atoms with Crippen molar-refractivity contribution in [3.8, 4) is 0 Å². The number of hydrogen-bond donors (Lipinski definition) is 1. The van der Waals surface area contributed by atoms with Gasteiger partial charge in [-0.25, -0.2) is 0 Å². The van der Waals surface area contributed by atoms with E-state index in [0.717, 1.165) is 30.9 Å². The fraction of sp³-hybridized carbons (Fsp3) is 1.00. The van der Waals surface area contributed by atoms with E-state index in [4.69, 9.17) is 16.3 Å². The second kappa shape index (κ2) is 11.0. The van der Waals surface area contributed by atoms with Crippen molar-refractivity contribution >= 4 is 11.6 Å². The van der Waals surface area contributed by atoms with Crippen molar-refractivity contribution in [2.45, 2.75) is 103 Å². The molecule has 0 bridgehead atoms. The maximum atomic E-state index is 6.41. The van der Waals surface area contributed by atoms with Crippen LogP contribution in [0, 0.1) is 17.8 Å². The molecule has 2 nitrogen and oxygen atoms in total. The van der Waals surface area contributed by atoms with Gasteiger partial charge in [0.05, 0.1) is 6.10 Å². The van der Waals surface area contributed by atoms with E-state index in [2.05, 4.69) is 26.1 Å². The highest BCUT2D eigenvalue weighted by Gasteiger charge is 2.31. The van der Waals surface area contributed by atoms with Crippen molar-refractivity contribution in [3.63, 3.8) is 0 Å². The molecule has 0 amide bonds. The summed E-state index contributed by atoms with van der Waals surface area (Å²) in [6.45, 7) is 8.36. The van der Waals surface area contributed by atoms with Crippen molar-refractivity contribution < 1.29 is 4.74 Å². The van der Waals surface area contributed by atoms with Crippen LogP contribution in [0.1, 0.15) is 85.0 Å². The van der Waals surface area contributed by atoms with Crippen molar-refractivity contribution in [1.82, 2.24) is 5.32 Å². The Morgan fingerprint density at radius 1 is 1.04 bits per heavy atom. The number of ether oxygens (including phenoxy) is 1.